The zero-order valence-corrected chi connectivity index (χ0v) is 21.4. The first-order valence-electron chi connectivity index (χ1n) is 12.4. The molecular weight excluding hydrogens is 432 g/mol. The number of rotatable bonds is 8. The fourth-order valence-electron chi connectivity index (χ4n) is 4.72. The first-order chi connectivity index (χ1) is 16.7. The van der Waals surface area contributed by atoms with Gasteiger partial charge in [0, 0.05) is 42.4 Å². The summed E-state index contributed by atoms with van der Waals surface area (Å²) in [7, 11) is 2.03. The van der Waals surface area contributed by atoms with Gasteiger partial charge in [-0.25, -0.2) is 4.98 Å². The summed E-state index contributed by atoms with van der Waals surface area (Å²) in [5, 5.41) is 6.80. The van der Waals surface area contributed by atoms with Gasteiger partial charge in [-0.3, -0.25) is 4.98 Å². The molecule has 0 bridgehead atoms. The van der Waals surface area contributed by atoms with E-state index in [1.165, 1.54) is 29.5 Å². The molecule has 1 unspecified atom stereocenters. The highest BCUT2D eigenvalue weighted by Crippen LogP contribution is 2.31. The summed E-state index contributed by atoms with van der Waals surface area (Å²) in [6, 6.07) is 14.7. The average molecular weight is 471 g/mol. The van der Waals surface area contributed by atoms with Crippen LogP contribution in [0.15, 0.2) is 61.4 Å². The summed E-state index contributed by atoms with van der Waals surface area (Å²) in [5.74, 6) is 1.72. The standard InChI is InChI=1S/C29H38N6/c1-20-8-9-25(34-21(2)23-10-12-32-27(15-23)29(3,4)30)17-26(20)24-11-13-33-28(16-24)35-14-6-7-22(19-35)18-31-5/h8-13,15-17,22,31,34H,2,6-7,14,18-19,30H2,1,3-5H3. The van der Waals surface area contributed by atoms with E-state index in [-0.39, 0.29) is 0 Å². The lowest BCUT2D eigenvalue weighted by molar-refractivity contribution is 0.401. The van der Waals surface area contributed by atoms with Gasteiger partial charge in [0.2, 0.25) is 0 Å². The highest BCUT2D eigenvalue weighted by Gasteiger charge is 2.21. The number of nitrogens with one attached hydrogen (secondary N) is 2. The molecule has 0 radical (unpaired) electrons. The molecule has 6 heteroatoms. The molecule has 35 heavy (non-hydrogen) atoms. The van der Waals surface area contributed by atoms with Crippen LogP contribution in [0, 0.1) is 12.8 Å². The summed E-state index contributed by atoms with van der Waals surface area (Å²) in [5.41, 5.74) is 12.9. The minimum atomic E-state index is -0.506. The van der Waals surface area contributed by atoms with Crippen molar-refractivity contribution in [2.75, 3.05) is 36.9 Å². The van der Waals surface area contributed by atoms with Crippen molar-refractivity contribution in [3.05, 3.63) is 78.3 Å². The molecule has 6 nitrogen and oxygen atoms in total. The Labute approximate surface area is 209 Å². The molecule has 0 saturated carbocycles. The Bertz CT molecular complexity index is 1180. The number of nitrogens with two attached hydrogens (primary N) is 1. The Balaban J connectivity index is 1.55. The smallest absolute Gasteiger partial charge is 0.129 e. The van der Waals surface area contributed by atoms with E-state index in [0.29, 0.717) is 5.92 Å². The normalized spacial score (nSPS) is 16.3. The molecule has 2 aromatic heterocycles. The van der Waals surface area contributed by atoms with E-state index in [1.54, 1.807) is 6.20 Å². The topological polar surface area (TPSA) is 79.1 Å². The molecule has 0 spiro atoms. The molecule has 1 aromatic carbocycles. The van der Waals surface area contributed by atoms with Crippen molar-refractivity contribution in [1.29, 1.82) is 0 Å². The number of benzene rings is 1. The lowest BCUT2D eigenvalue weighted by atomic mass is 9.97. The van der Waals surface area contributed by atoms with E-state index >= 15 is 0 Å². The van der Waals surface area contributed by atoms with Crippen LogP contribution in [0.1, 0.15) is 43.5 Å². The first-order valence-corrected chi connectivity index (χ1v) is 12.4. The lowest BCUT2D eigenvalue weighted by Crippen LogP contribution is -2.39. The number of aromatic nitrogens is 2. The van der Waals surface area contributed by atoms with Gasteiger partial charge in [-0.1, -0.05) is 12.6 Å². The second kappa shape index (κ2) is 10.6. The number of aryl methyl sites for hydroxylation is 1. The van der Waals surface area contributed by atoms with Crippen LogP contribution in [0.25, 0.3) is 16.8 Å². The van der Waals surface area contributed by atoms with Crippen molar-refractivity contribution in [3.8, 4) is 11.1 Å². The third-order valence-corrected chi connectivity index (χ3v) is 6.69. The van der Waals surface area contributed by atoms with Crippen LogP contribution in [0.2, 0.25) is 0 Å². The molecule has 1 aliphatic rings. The first kappa shape index (κ1) is 24.9. The largest absolute Gasteiger partial charge is 0.356 e. The van der Waals surface area contributed by atoms with Crippen molar-refractivity contribution in [3.63, 3.8) is 0 Å². The van der Waals surface area contributed by atoms with Crippen LogP contribution in [0.4, 0.5) is 11.5 Å². The molecule has 0 amide bonds. The number of pyridine rings is 2. The van der Waals surface area contributed by atoms with E-state index < -0.39 is 5.54 Å². The summed E-state index contributed by atoms with van der Waals surface area (Å²) in [6.45, 7) is 13.5. The zero-order chi connectivity index (χ0) is 25.0. The van der Waals surface area contributed by atoms with E-state index in [9.17, 15) is 0 Å². The van der Waals surface area contributed by atoms with Gasteiger partial charge in [-0.15, -0.1) is 0 Å². The Kier molecular flexibility index (Phi) is 7.53. The van der Waals surface area contributed by atoms with Crippen LogP contribution in [-0.2, 0) is 5.54 Å². The van der Waals surface area contributed by atoms with E-state index in [2.05, 4.69) is 64.4 Å². The van der Waals surface area contributed by atoms with Crippen molar-refractivity contribution in [2.24, 2.45) is 11.7 Å². The molecule has 3 aromatic rings. The number of hydrogen-bond donors (Lipinski definition) is 3. The minimum Gasteiger partial charge on any atom is -0.356 e. The van der Waals surface area contributed by atoms with Gasteiger partial charge in [0.05, 0.1) is 11.2 Å². The minimum absolute atomic E-state index is 0.506. The molecule has 1 aliphatic heterocycles. The third kappa shape index (κ3) is 6.08. The molecule has 4 rings (SSSR count). The Morgan fingerprint density at radius 1 is 1.14 bits per heavy atom. The third-order valence-electron chi connectivity index (χ3n) is 6.69. The average Bonchev–Trinajstić information content (AvgIpc) is 2.85. The van der Waals surface area contributed by atoms with Crippen LogP contribution in [0.3, 0.4) is 0 Å². The van der Waals surface area contributed by atoms with Gasteiger partial charge in [-0.05, 0) is 106 Å². The van der Waals surface area contributed by atoms with Crippen LogP contribution in [0.5, 0.6) is 0 Å². The van der Waals surface area contributed by atoms with Crippen LogP contribution < -0.4 is 21.3 Å². The Hall–Kier alpha value is -3.22. The van der Waals surface area contributed by atoms with Gasteiger partial charge >= 0.3 is 0 Å². The lowest BCUT2D eigenvalue weighted by Gasteiger charge is -2.33. The summed E-state index contributed by atoms with van der Waals surface area (Å²) in [4.78, 5) is 11.6. The van der Waals surface area contributed by atoms with E-state index in [0.717, 1.165) is 48.1 Å². The predicted molar refractivity (Wildman–Crippen MR) is 147 cm³/mol. The molecule has 1 saturated heterocycles. The maximum Gasteiger partial charge on any atom is 0.129 e. The number of nitrogens with zero attached hydrogens (tertiary/aromatic N) is 3. The SMILES string of the molecule is C=C(Nc1ccc(C)c(-c2ccnc(N3CCCC(CNC)C3)c2)c1)c1ccnc(C(C)(C)N)c1. The van der Waals surface area contributed by atoms with Gasteiger partial charge in [0.1, 0.15) is 5.82 Å². The maximum absolute atomic E-state index is 6.24. The molecule has 4 N–H and O–H groups in total. The molecular formula is C29H38N6. The number of piperidine rings is 1. The Morgan fingerprint density at radius 2 is 1.94 bits per heavy atom. The van der Waals surface area contributed by atoms with Gasteiger partial charge in [0.15, 0.2) is 0 Å². The van der Waals surface area contributed by atoms with Gasteiger partial charge < -0.3 is 21.3 Å². The van der Waals surface area contributed by atoms with Crippen molar-refractivity contribution in [2.45, 2.75) is 39.2 Å². The number of anilines is 2. The van der Waals surface area contributed by atoms with Crippen molar-refractivity contribution >= 4 is 17.2 Å². The van der Waals surface area contributed by atoms with Crippen LogP contribution >= 0.6 is 0 Å². The van der Waals surface area contributed by atoms with E-state index in [4.69, 9.17) is 10.7 Å². The molecule has 0 aliphatic carbocycles. The molecule has 1 atom stereocenters. The molecule has 3 heterocycles. The fraction of sp³-hybridized carbons (Fsp3) is 0.379. The fourth-order valence-corrected chi connectivity index (χ4v) is 4.72. The molecule has 184 valence electrons. The monoisotopic (exact) mass is 470 g/mol. The van der Waals surface area contributed by atoms with Crippen molar-refractivity contribution in [1.82, 2.24) is 15.3 Å². The maximum atomic E-state index is 6.24. The highest BCUT2D eigenvalue weighted by molar-refractivity contribution is 5.79. The molecule has 1 fully saturated rings. The summed E-state index contributed by atoms with van der Waals surface area (Å²) < 4.78 is 0. The summed E-state index contributed by atoms with van der Waals surface area (Å²) >= 11 is 0. The van der Waals surface area contributed by atoms with Gasteiger partial charge in [-0.2, -0.15) is 0 Å². The predicted octanol–water partition coefficient (Wildman–Crippen LogP) is 5.16. The van der Waals surface area contributed by atoms with Crippen molar-refractivity contribution < 1.29 is 0 Å². The van der Waals surface area contributed by atoms with Crippen LogP contribution in [-0.4, -0.2) is 36.6 Å². The zero-order valence-electron chi connectivity index (χ0n) is 21.4. The van der Waals surface area contributed by atoms with Gasteiger partial charge in [0.25, 0.3) is 0 Å². The Morgan fingerprint density at radius 3 is 2.71 bits per heavy atom. The number of hydrogen-bond acceptors (Lipinski definition) is 6. The van der Waals surface area contributed by atoms with E-state index in [1.807, 2.05) is 39.2 Å². The summed E-state index contributed by atoms with van der Waals surface area (Å²) in [6.07, 6.45) is 6.19. The quantitative estimate of drug-likeness (QED) is 0.422. The highest BCUT2D eigenvalue weighted by atomic mass is 15.2. The second-order valence-corrected chi connectivity index (χ2v) is 10.2. The second-order valence-electron chi connectivity index (χ2n) is 10.2.